The molecule has 0 spiro atoms. The van der Waals surface area contributed by atoms with E-state index in [0.717, 1.165) is 6.92 Å². The Bertz CT molecular complexity index is 329. The van der Waals surface area contributed by atoms with Gasteiger partial charge in [-0.05, 0) is 19.9 Å². The van der Waals surface area contributed by atoms with Gasteiger partial charge in [0, 0.05) is 5.92 Å². The molecule has 0 bridgehead atoms. The van der Waals surface area contributed by atoms with Crippen LogP contribution in [0.15, 0.2) is 23.7 Å². The summed E-state index contributed by atoms with van der Waals surface area (Å²) in [5.74, 6) is -0.965. The summed E-state index contributed by atoms with van der Waals surface area (Å²) in [7, 11) is 1.22. The van der Waals surface area contributed by atoms with E-state index < -0.39 is 12.1 Å². The third kappa shape index (κ3) is 6.65. The van der Waals surface area contributed by atoms with Crippen LogP contribution in [-0.2, 0) is 14.3 Å². The number of allylic oxidation sites excluding steroid dienone is 3. The minimum absolute atomic E-state index is 0.0737. The van der Waals surface area contributed by atoms with Crippen molar-refractivity contribution in [2.75, 3.05) is 7.11 Å². The lowest BCUT2D eigenvalue weighted by Gasteiger charge is -2.12. The molecule has 0 aromatic carbocycles. The van der Waals surface area contributed by atoms with Crippen molar-refractivity contribution in [3.63, 3.8) is 0 Å². The van der Waals surface area contributed by atoms with Crippen molar-refractivity contribution in [2.24, 2.45) is 5.92 Å². The monoisotopic (exact) mass is 252 g/mol. The molecule has 0 heterocycles. The van der Waals surface area contributed by atoms with Gasteiger partial charge in [0.15, 0.2) is 5.76 Å². The second-order valence-corrected chi connectivity index (χ2v) is 3.43. The largest absolute Gasteiger partial charge is 0.572 e. The zero-order valence-corrected chi connectivity index (χ0v) is 10.1. The van der Waals surface area contributed by atoms with E-state index in [4.69, 9.17) is 4.74 Å². The van der Waals surface area contributed by atoms with Crippen molar-refractivity contribution >= 4 is 5.78 Å². The molecule has 1 unspecified atom stereocenters. The first-order valence-electron chi connectivity index (χ1n) is 4.86. The van der Waals surface area contributed by atoms with Crippen LogP contribution in [0.2, 0.25) is 0 Å². The van der Waals surface area contributed by atoms with Crippen LogP contribution in [0.1, 0.15) is 20.8 Å². The lowest BCUT2D eigenvalue weighted by Crippen LogP contribution is -2.13. The molecule has 0 aliphatic rings. The summed E-state index contributed by atoms with van der Waals surface area (Å²) < 4.78 is 44.3. The lowest BCUT2D eigenvalue weighted by atomic mass is 10.1. The fourth-order valence-electron chi connectivity index (χ4n) is 0.920. The van der Waals surface area contributed by atoms with Gasteiger partial charge in [-0.1, -0.05) is 13.0 Å². The number of ether oxygens (including phenoxy) is 2. The van der Waals surface area contributed by atoms with Crippen molar-refractivity contribution in [3.8, 4) is 0 Å². The molecule has 0 radical (unpaired) electrons. The number of methoxy groups -OCH3 is 1. The first-order valence-corrected chi connectivity index (χ1v) is 4.86. The highest BCUT2D eigenvalue weighted by molar-refractivity contribution is 5.79. The van der Waals surface area contributed by atoms with Crippen LogP contribution in [0.3, 0.4) is 0 Å². The van der Waals surface area contributed by atoms with Crippen LogP contribution >= 0.6 is 0 Å². The number of ketones is 1. The molecular formula is C11H15F3O3. The third-order valence-electron chi connectivity index (χ3n) is 2.01. The van der Waals surface area contributed by atoms with Gasteiger partial charge in [0.1, 0.15) is 11.5 Å². The molecule has 0 aromatic rings. The molecule has 0 saturated heterocycles. The number of rotatable bonds is 5. The average Bonchev–Trinajstić information content (AvgIpc) is 2.15. The molecule has 1 atom stereocenters. The zero-order chi connectivity index (χ0) is 13.6. The Kier molecular flexibility index (Phi) is 5.78. The molecule has 0 rings (SSSR count). The Morgan fingerprint density at radius 1 is 1.29 bits per heavy atom. The quantitative estimate of drug-likeness (QED) is 0.557. The van der Waals surface area contributed by atoms with Gasteiger partial charge >= 0.3 is 6.36 Å². The maximum Gasteiger partial charge on any atom is 0.572 e. The maximum atomic E-state index is 11.9. The van der Waals surface area contributed by atoms with Gasteiger partial charge < -0.3 is 9.47 Å². The summed E-state index contributed by atoms with van der Waals surface area (Å²) in [6.07, 6.45) is -2.02. The predicted octanol–water partition coefficient (Wildman–Crippen LogP) is 3.18. The number of hydrogen-bond acceptors (Lipinski definition) is 3. The average molecular weight is 252 g/mol. The highest BCUT2D eigenvalue weighted by atomic mass is 19.4. The fourth-order valence-corrected chi connectivity index (χ4v) is 0.920. The summed E-state index contributed by atoms with van der Waals surface area (Å²) in [6, 6.07) is 0. The van der Waals surface area contributed by atoms with Crippen LogP contribution in [0.4, 0.5) is 13.2 Å². The van der Waals surface area contributed by atoms with Crippen molar-refractivity contribution in [3.05, 3.63) is 23.7 Å². The Balaban J connectivity index is 4.83. The van der Waals surface area contributed by atoms with Crippen molar-refractivity contribution in [1.29, 1.82) is 0 Å². The second kappa shape index (κ2) is 6.32. The first-order chi connectivity index (χ1) is 7.67. The molecular weight excluding hydrogens is 237 g/mol. The van der Waals surface area contributed by atoms with Crippen LogP contribution in [0.25, 0.3) is 0 Å². The summed E-state index contributed by atoms with van der Waals surface area (Å²) >= 11 is 0. The number of alkyl halides is 3. The zero-order valence-electron chi connectivity index (χ0n) is 10.1. The molecule has 0 saturated carbocycles. The Morgan fingerprint density at radius 2 is 1.82 bits per heavy atom. The molecule has 3 nitrogen and oxygen atoms in total. The van der Waals surface area contributed by atoms with Gasteiger partial charge in [0.05, 0.1) is 7.11 Å². The topological polar surface area (TPSA) is 35.5 Å². The van der Waals surface area contributed by atoms with E-state index in [1.807, 2.05) is 0 Å². The van der Waals surface area contributed by atoms with Crippen molar-refractivity contribution in [1.82, 2.24) is 0 Å². The normalized spacial score (nSPS) is 15.5. The van der Waals surface area contributed by atoms with E-state index >= 15 is 0 Å². The molecule has 17 heavy (non-hydrogen) atoms. The Labute approximate surface area is 97.9 Å². The highest BCUT2D eigenvalue weighted by Crippen LogP contribution is 2.23. The molecule has 0 amide bonds. The van der Waals surface area contributed by atoms with E-state index in [9.17, 15) is 18.0 Å². The molecule has 0 aliphatic carbocycles. The molecule has 6 heteroatoms. The van der Waals surface area contributed by atoms with Crippen LogP contribution in [0.5, 0.6) is 0 Å². The minimum Gasteiger partial charge on any atom is -0.493 e. The molecule has 0 N–H and O–H groups in total. The Morgan fingerprint density at radius 3 is 2.18 bits per heavy atom. The van der Waals surface area contributed by atoms with Crippen LogP contribution in [-0.4, -0.2) is 19.3 Å². The van der Waals surface area contributed by atoms with Gasteiger partial charge in [0.2, 0.25) is 0 Å². The van der Waals surface area contributed by atoms with Gasteiger partial charge in [-0.25, -0.2) is 0 Å². The molecule has 0 aromatic heterocycles. The lowest BCUT2D eigenvalue weighted by molar-refractivity contribution is -0.306. The standard InChI is InChI=1S/C11H15F3O3/c1-7(8(2)15)5-6-10(16-4)9(3)17-11(12,13)14/h5-7H,1-4H3/b6-5-,10-9-. The van der Waals surface area contributed by atoms with Gasteiger partial charge in [0.25, 0.3) is 0 Å². The molecule has 0 aliphatic heterocycles. The number of carbonyl (C=O) groups excluding carboxylic acids is 1. The van der Waals surface area contributed by atoms with Gasteiger partial charge in [-0.2, -0.15) is 0 Å². The van der Waals surface area contributed by atoms with Crippen molar-refractivity contribution in [2.45, 2.75) is 27.1 Å². The summed E-state index contributed by atoms with van der Waals surface area (Å²) in [5, 5.41) is 0. The maximum absolute atomic E-state index is 11.9. The summed E-state index contributed by atoms with van der Waals surface area (Å²) in [4.78, 5) is 10.9. The molecule has 0 fully saturated rings. The predicted molar refractivity (Wildman–Crippen MR) is 55.8 cm³/mol. The Hall–Kier alpha value is -1.46. The summed E-state index contributed by atoms with van der Waals surface area (Å²) in [6.45, 7) is 4.16. The molecule has 98 valence electrons. The van der Waals surface area contributed by atoms with E-state index in [1.54, 1.807) is 6.92 Å². The highest BCUT2D eigenvalue weighted by Gasteiger charge is 2.31. The van der Waals surface area contributed by atoms with E-state index in [0.29, 0.717) is 0 Å². The first kappa shape index (κ1) is 15.5. The summed E-state index contributed by atoms with van der Waals surface area (Å²) in [5.41, 5.74) is 0. The number of hydrogen-bond donors (Lipinski definition) is 0. The van der Waals surface area contributed by atoms with E-state index in [-0.39, 0.29) is 17.5 Å². The van der Waals surface area contributed by atoms with Crippen molar-refractivity contribution < 1.29 is 27.4 Å². The van der Waals surface area contributed by atoms with E-state index in [1.165, 1.54) is 26.2 Å². The SMILES string of the molecule is COC(/C=C\C(C)C(C)=O)=C(/C)OC(F)(F)F. The fraction of sp³-hybridized carbons (Fsp3) is 0.545. The minimum atomic E-state index is -4.76. The number of halogens is 3. The smallest absolute Gasteiger partial charge is 0.493 e. The number of Topliss-reactive ketones (excluding diaryl/α,β-unsaturated/α-hetero) is 1. The van der Waals surface area contributed by atoms with Gasteiger partial charge in [-0.15, -0.1) is 13.2 Å². The van der Waals surface area contributed by atoms with E-state index in [2.05, 4.69) is 4.74 Å². The van der Waals surface area contributed by atoms with Gasteiger partial charge in [-0.3, -0.25) is 4.79 Å². The van der Waals surface area contributed by atoms with Crippen LogP contribution < -0.4 is 0 Å². The van der Waals surface area contributed by atoms with Crippen LogP contribution in [0, 0.1) is 5.92 Å². The second-order valence-electron chi connectivity index (χ2n) is 3.43. The number of carbonyl (C=O) groups is 1. The third-order valence-corrected chi connectivity index (χ3v) is 2.01.